The van der Waals surface area contributed by atoms with Gasteiger partial charge in [0.2, 0.25) is 0 Å². The maximum atomic E-state index is 11.9. The Bertz CT molecular complexity index is 507. The standard InChI is InChI=1S/C12H21N3O2S/c1-5-18-8-9(2)13-6-10-7-14(3)12(17)15(4)11(10)16/h7,9,13H,5-6,8H2,1-4H3. The fourth-order valence-corrected chi connectivity index (χ4v) is 2.35. The predicted molar refractivity (Wildman–Crippen MR) is 76.2 cm³/mol. The number of aryl methyl sites for hydroxylation is 1. The third kappa shape index (κ3) is 3.74. The second-order valence-corrected chi connectivity index (χ2v) is 5.67. The Morgan fingerprint density at radius 1 is 1.39 bits per heavy atom. The average molecular weight is 271 g/mol. The first kappa shape index (κ1) is 15.0. The lowest BCUT2D eigenvalue weighted by molar-refractivity contribution is 0.576. The number of nitrogens with one attached hydrogen (secondary N) is 1. The summed E-state index contributed by atoms with van der Waals surface area (Å²) in [5.74, 6) is 2.11. The van der Waals surface area contributed by atoms with E-state index in [1.807, 2.05) is 11.8 Å². The van der Waals surface area contributed by atoms with E-state index in [1.165, 1.54) is 11.6 Å². The number of thioether (sulfide) groups is 1. The summed E-state index contributed by atoms with van der Waals surface area (Å²) < 4.78 is 2.58. The van der Waals surface area contributed by atoms with E-state index in [-0.39, 0.29) is 11.2 Å². The van der Waals surface area contributed by atoms with E-state index in [0.717, 1.165) is 16.1 Å². The monoisotopic (exact) mass is 271 g/mol. The third-order valence-electron chi connectivity index (χ3n) is 2.73. The van der Waals surface area contributed by atoms with E-state index < -0.39 is 0 Å². The summed E-state index contributed by atoms with van der Waals surface area (Å²) in [6.45, 7) is 4.71. The number of hydrogen-bond donors (Lipinski definition) is 1. The minimum absolute atomic E-state index is 0.221. The van der Waals surface area contributed by atoms with Gasteiger partial charge < -0.3 is 9.88 Å². The Morgan fingerprint density at radius 2 is 2.06 bits per heavy atom. The third-order valence-corrected chi connectivity index (χ3v) is 3.87. The van der Waals surface area contributed by atoms with Crippen LogP contribution in [-0.2, 0) is 20.6 Å². The number of nitrogens with zero attached hydrogens (tertiary/aromatic N) is 2. The summed E-state index contributed by atoms with van der Waals surface area (Å²) in [6.07, 6.45) is 1.61. The van der Waals surface area contributed by atoms with Gasteiger partial charge in [-0.1, -0.05) is 6.92 Å². The number of rotatable bonds is 6. The van der Waals surface area contributed by atoms with Crippen LogP contribution in [0.15, 0.2) is 15.8 Å². The summed E-state index contributed by atoms with van der Waals surface area (Å²) in [5.41, 5.74) is 0.104. The summed E-state index contributed by atoms with van der Waals surface area (Å²) in [7, 11) is 3.16. The molecule has 6 heteroatoms. The van der Waals surface area contributed by atoms with Crippen LogP contribution in [0.1, 0.15) is 19.4 Å². The zero-order valence-electron chi connectivity index (χ0n) is 11.4. The predicted octanol–water partition coefficient (Wildman–Crippen LogP) is 0.315. The van der Waals surface area contributed by atoms with E-state index in [9.17, 15) is 9.59 Å². The van der Waals surface area contributed by atoms with Crippen molar-refractivity contribution >= 4 is 11.8 Å². The molecule has 1 atom stereocenters. The van der Waals surface area contributed by atoms with E-state index >= 15 is 0 Å². The molecule has 1 aromatic heterocycles. The molecular formula is C12H21N3O2S. The molecule has 0 radical (unpaired) electrons. The van der Waals surface area contributed by atoms with Crippen LogP contribution >= 0.6 is 11.8 Å². The van der Waals surface area contributed by atoms with Gasteiger partial charge in [0.1, 0.15) is 0 Å². The van der Waals surface area contributed by atoms with Crippen molar-refractivity contribution < 1.29 is 0 Å². The minimum Gasteiger partial charge on any atom is -0.309 e. The Kier molecular flexibility index (Phi) is 5.68. The van der Waals surface area contributed by atoms with Gasteiger partial charge in [-0.05, 0) is 12.7 Å². The largest absolute Gasteiger partial charge is 0.330 e. The Balaban J connectivity index is 2.74. The van der Waals surface area contributed by atoms with Crippen molar-refractivity contribution in [1.82, 2.24) is 14.5 Å². The van der Waals surface area contributed by atoms with Gasteiger partial charge in [-0.25, -0.2) is 4.79 Å². The van der Waals surface area contributed by atoms with Gasteiger partial charge in [-0.2, -0.15) is 11.8 Å². The van der Waals surface area contributed by atoms with E-state index in [4.69, 9.17) is 0 Å². The van der Waals surface area contributed by atoms with Crippen LogP contribution in [-0.4, -0.2) is 26.7 Å². The molecule has 102 valence electrons. The molecule has 1 unspecified atom stereocenters. The maximum absolute atomic E-state index is 11.9. The molecule has 0 spiro atoms. The molecule has 0 amide bonds. The molecule has 1 rings (SSSR count). The van der Waals surface area contributed by atoms with E-state index in [2.05, 4.69) is 19.2 Å². The smallest absolute Gasteiger partial charge is 0.309 e. The second kappa shape index (κ2) is 6.80. The highest BCUT2D eigenvalue weighted by Gasteiger charge is 2.08. The van der Waals surface area contributed by atoms with Crippen molar-refractivity contribution in [3.05, 3.63) is 32.6 Å². The van der Waals surface area contributed by atoms with Gasteiger partial charge in [0.15, 0.2) is 0 Å². The summed E-state index contributed by atoms with van der Waals surface area (Å²) in [4.78, 5) is 23.4. The van der Waals surface area contributed by atoms with Gasteiger partial charge >= 0.3 is 5.69 Å². The van der Waals surface area contributed by atoms with Crippen LogP contribution in [0.5, 0.6) is 0 Å². The first-order valence-corrected chi connectivity index (χ1v) is 7.19. The van der Waals surface area contributed by atoms with Crippen LogP contribution in [0.4, 0.5) is 0 Å². The quantitative estimate of drug-likeness (QED) is 0.809. The zero-order chi connectivity index (χ0) is 13.7. The highest BCUT2D eigenvalue weighted by molar-refractivity contribution is 7.99. The highest BCUT2D eigenvalue weighted by Crippen LogP contribution is 2.01. The van der Waals surface area contributed by atoms with Crippen molar-refractivity contribution in [3.63, 3.8) is 0 Å². The molecular weight excluding hydrogens is 250 g/mol. The van der Waals surface area contributed by atoms with Gasteiger partial charge in [0, 0.05) is 44.2 Å². The number of aromatic nitrogens is 2. The molecule has 1 N–H and O–H groups in total. The van der Waals surface area contributed by atoms with Crippen molar-refractivity contribution in [2.24, 2.45) is 14.1 Å². The van der Waals surface area contributed by atoms with Gasteiger partial charge in [-0.15, -0.1) is 0 Å². The Labute approximate surface area is 111 Å². The molecule has 0 saturated heterocycles. The lowest BCUT2D eigenvalue weighted by atomic mass is 10.3. The molecule has 1 heterocycles. The molecule has 0 fully saturated rings. The van der Waals surface area contributed by atoms with Gasteiger partial charge in [0.25, 0.3) is 5.56 Å². The molecule has 0 aliphatic rings. The number of hydrogen-bond acceptors (Lipinski definition) is 4. The van der Waals surface area contributed by atoms with Crippen LogP contribution < -0.4 is 16.6 Å². The van der Waals surface area contributed by atoms with Crippen LogP contribution in [0.25, 0.3) is 0 Å². The van der Waals surface area contributed by atoms with E-state index in [0.29, 0.717) is 18.2 Å². The Hall–Kier alpha value is -1.01. The molecule has 0 bridgehead atoms. The van der Waals surface area contributed by atoms with Crippen molar-refractivity contribution in [3.8, 4) is 0 Å². The maximum Gasteiger partial charge on any atom is 0.330 e. The Morgan fingerprint density at radius 3 is 2.67 bits per heavy atom. The SMILES string of the molecule is CCSCC(C)NCc1cn(C)c(=O)n(C)c1=O. The molecule has 0 saturated carbocycles. The van der Waals surface area contributed by atoms with Crippen molar-refractivity contribution in [2.45, 2.75) is 26.4 Å². The summed E-state index contributed by atoms with van der Waals surface area (Å²) in [5, 5.41) is 3.30. The second-order valence-electron chi connectivity index (χ2n) is 4.35. The van der Waals surface area contributed by atoms with Gasteiger partial charge in [-0.3, -0.25) is 9.36 Å². The van der Waals surface area contributed by atoms with Gasteiger partial charge in [0.05, 0.1) is 0 Å². The first-order valence-electron chi connectivity index (χ1n) is 6.04. The average Bonchev–Trinajstić information content (AvgIpc) is 2.36. The lowest BCUT2D eigenvalue weighted by Crippen LogP contribution is -2.40. The zero-order valence-corrected chi connectivity index (χ0v) is 12.2. The molecule has 0 aliphatic heterocycles. The van der Waals surface area contributed by atoms with Crippen LogP contribution in [0.2, 0.25) is 0 Å². The summed E-state index contributed by atoms with van der Waals surface area (Å²) >= 11 is 1.86. The fraction of sp³-hybridized carbons (Fsp3) is 0.667. The normalized spacial score (nSPS) is 12.7. The molecule has 0 aromatic carbocycles. The fourth-order valence-electron chi connectivity index (χ4n) is 1.64. The van der Waals surface area contributed by atoms with Crippen LogP contribution in [0.3, 0.4) is 0 Å². The first-order chi connectivity index (χ1) is 8.47. The van der Waals surface area contributed by atoms with Crippen molar-refractivity contribution in [1.29, 1.82) is 0 Å². The molecule has 0 aliphatic carbocycles. The highest BCUT2D eigenvalue weighted by atomic mass is 32.2. The lowest BCUT2D eigenvalue weighted by Gasteiger charge is -2.13. The van der Waals surface area contributed by atoms with Crippen LogP contribution in [0, 0.1) is 0 Å². The van der Waals surface area contributed by atoms with E-state index in [1.54, 1.807) is 13.2 Å². The molecule has 18 heavy (non-hydrogen) atoms. The van der Waals surface area contributed by atoms with Crippen molar-refractivity contribution in [2.75, 3.05) is 11.5 Å². The summed E-state index contributed by atoms with van der Waals surface area (Å²) in [6, 6.07) is 0.344. The topological polar surface area (TPSA) is 56.0 Å². The minimum atomic E-state index is -0.293. The molecule has 1 aromatic rings. The molecule has 5 nitrogen and oxygen atoms in total.